The van der Waals surface area contributed by atoms with E-state index in [1.54, 1.807) is 0 Å². The van der Waals surface area contributed by atoms with Gasteiger partial charge in [0.05, 0.1) is 0 Å². The predicted molar refractivity (Wildman–Crippen MR) is 113 cm³/mol. The molecule has 4 heteroatoms. The van der Waals surface area contributed by atoms with Crippen LogP contribution in [0.5, 0.6) is 0 Å². The van der Waals surface area contributed by atoms with Gasteiger partial charge in [0.15, 0.2) is 0 Å². The molecule has 2 aromatic rings. The molecule has 2 N–H and O–H groups in total. The smallest absolute Gasteiger partial charge is 0.252 e. The van der Waals surface area contributed by atoms with Crippen molar-refractivity contribution in [1.29, 1.82) is 0 Å². The van der Waals surface area contributed by atoms with Crippen molar-refractivity contribution in [2.75, 3.05) is 0 Å². The number of rotatable bonds is 4. The summed E-state index contributed by atoms with van der Waals surface area (Å²) in [4.78, 5) is 25.5. The van der Waals surface area contributed by atoms with E-state index in [1.807, 2.05) is 36.4 Å². The normalized spacial score (nSPS) is 18.7. The first-order valence-corrected chi connectivity index (χ1v) is 10.9. The van der Waals surface area contributed by atoms with Crippen molar-refractivity contribution < 1.29 is 9.59 Å². The van der Waals surface area contributed by atoms with Gasteiger partial charge in [-0.05, 0) is 54.7 Å². The summed E-state index contributed by atoms with van der Waals surface area (Å²) >= 11 is 0. The molecule has 2 amide bonds. The van der Waals surface area contributed by atoms with E-state index in [1.165, 1.54) is 38.5 Å². The van der Waals surface area contributed by atoms with Gasteiger partial charge < -0.3 is 10.6 Å². The quantitative estimate of drug-likeness (QED) is 0.789. The summed E-state index contributed by atoms with van der Waals surface area (Å²) in [5.41, 5.74) is 1.37. The minimum atomic E-state index is -0.00846. The van der Waals surface area contributed by atoms with Gasteiger partial charge in [-0.25, -0.2) is 0 Å². The molecule has 0 spiro atoms. The summed E-state index contributed by atoms with van der Waals surface area (Å²) in [6, 6.07) is 12.0. The van der Waals surface area contributed by atoms with Crippen LogP contribution in [0.4, 0.5) is 0 Å². The van der Waals surface area contributed by atoms with Gasteiger partial charge in [0.2, 0.25) is 0 Å². The fraction of sp³-hybridized carbons (Fsp3) is 0.500. The van der Waals surface area contributed by atoms with Gasteiger partial charge >= 0.3 is 0 Å². The Balaban J connectivity index is 1.50. The number of fused-ring (bicyclic) bond motifs is 1. The van der Waals surface area contributed by atoms with Crippen molar-refractivity contribution >= 4 is 22.6 Å². The molecular formula is C24H30N2O2. The number of hydrogen-bond donors (Lipinski definition) is 2. The third-order valence-corrected chi connectivity index (χ3v) is 6.27. The molecule has 0 aromatic heterocycles. The number of carbonyl (C=O) groups excluding carboxylic acids is 2. The van der Waals surface area contributed by atoms with E-state index >= 15 is 0 Å². The summed E-state index contributed by atoms with van der Waals surface area (Å²) in [5, 5.41) is 8.22. The summed E-state index contributed by atoms with van der Waals surface area (Å²) in [7, 11) is 0. The summed E-state index contributed by atoms with van der Waals surface area (Å²) in [6.07, 6.45) is 11.6. The molecule has 0 bridgehead atoms. The Kier molecular flexibility index (Phi) is 5.94. The van der Waals surface area contributed by atoms with E-state index in [0.29, 0.717) is 17.2 Å². The van der Waals surface area contributed by atoms with Crippen LogP contribution in [0.3, 0.4) is 0 Å². The number of hydrogen-bond acceptors (Lipinski definition) is 2. The number of nitrogens with one attached hydrogen (secondary N) is 2. The Bertz CT molecular complexity index is 849. The van der Waals surface area contributed by atoms with Crippen LogP contribution in [0.25, 0.3) is 10.8 Å². The maximum atomic E-state index is 12.8. The Morgan fingerprint density at radius 2 is 1.32 bits per heavy atom. The standard InChI is InChI=1S/C24H30N2O2/c27-23(25-19-9-3-1-4-10-19)18-14-15-21-17(16-18)8-7-13-22(21)24(28)26-20-11-5-2-6-12-20/h7-8,13-16,19-20H,1-6,9-12H2,(H,25,27)(H,26,28). The van der Waals surface area contributed by atoms with Gasteiger partial charge in [-0.15, -0.1) is 0 Å². The van der Waals surface area contributed by atoms with E-state index in [9.17, 15) is 9.59 Å². The van der Waals surface area contributed by atoms with Crippen LogP contribution < -0.4 is 10.6 Å². The summed E-state index contributed by atoms with van der Waals surface area (Å²) in [6.45, 7) is 0. The molecule has 4 rings (SSSR count). The predicted octanol–water partition coefficient (Wildman–Crippen LogP) is 4.96. The molecule has 4 nitrogen and oxygen atoms in total. The average Bonchev–Trinajstić information content (AvgIpc) is 2.74. The maximum Gasteiger partial charge on any atom is 0.252 e. The lowest BCUT2D eigenvalue weighted by Crippen LogP contribution is -2.36. The topological polar surface area (TPSA) is 58.2 Å². The zero-order chi connectivity index (χ0) is 19.3. The van der Waals surface area contributed by atoms with Gasteiger partial charge in [-0.3, -0.25) is 9.59 Å². The zero-order valence-electron chi connectivity index (χ0n) is 16.5. The molecule has 0 radical (unpaired) electrons. The second kappa shape index (κ2) is 8.76. The average molecular weight is 379 g/mol. The number of benzene rings is 2. The third kappa shape index (κ3) is 4.37. The van der Waals surface area contributed by atoms with E-state index in [2.05, 4.69) is 10.6 Å². The Morgan fingerprint density at radius 3 is 1.96 bits per heavy atom. The highest BCUT2D eigenvalue weighted by molar-refractivity contribution is 6.08. The fourth-order valence-corrected chi connectivity index (χ4v) is 4.65. The molecule has 0 heterocycles. The van der Waals surface area contributed by atoms with Gasteiger partial charge in [-0.1, -0.05) is 56.7 Å². The maximum absolute atomic E-state index is 12.8. The molecule has 148 valence electrons. The van der Waals surface area contributed by atoms with Crippen molar-refractivity contribution in [2.24, 2.45) is 0 Å². The van der Waals surface area contributed by atoms with Crippen molar-refractivity contribution in [1.82, 2.24) is 10.6 Å². The minimum Gasteiger partial charge on any atom is -0.349 e. The van der Waals surface area contributed by atoms with Crippen LogP contribution in [0, 0.1) is 0 Å². The summed E-state index contributed by atoms with van der Waals surface area (Å²) in [5.74, 6) is -0.0113. The highest BCUT2D eigenvalue weighted by Gasteiger charge is 2.19. The SMILES string of the molecule is O=C(NC1CCCCC1)c1ccc2c(C(=O)NC3CCCCC3)cccc2c1. The molecule has 28 heavy (non-hydrogen) atoms. The van der Waals surface area contributed by atoms with Crippen LogP contribution in [-0.2, 0) is 0 Å². The fourth-order valence-electron chi connectivity index (χ4n) is 4.65. The van der Waals surface area contributed by atoms with Gasteiger partial charge in [0.25, 0.3) is 11.8 Å². The number of amides is 2. The van der Waals surface area contributed by atoms with Crippen molar-refractivity contribution in [3.63, 3.8) is 0 Å². The first-order valence-electron chi connectivity index (χ1n) is 10.9. The molecule has 0 saturated heterocycles. The molecule has 2 saturated carbocycles. The van der Waals surface area contributed by atoms with Gasteiger partial charge in [-0.2, -0.15) is 0 Å². The number of carbonyl (C=O) groups is 2. The molecule has 2 fully saturated rings. The van der Waals surface area contributed by atoms with Crippen molar-refractivity contribution in [3.8, 4) is 0 Å². The lowest BCUT2D eigenvalue weighted by Gasteiger charge is -2.23. The monoisotopic (exact) mass is 378 g/mol. The lowest BCUT2D eigenvalue weighted by molar-refractivity contribution is 0.0921. The summed E-state index contributed by atoms with van der Waals surface area (Å²) < 4.78 is 0. The molecule has 2 aliphatic rings. The zero-order valence-corrected chi connectivity index (χ0v) is 16.5. The van der Waals surface area contributed by atoms with Crippen molar-refractivity contribution in [2.45, 2.75) is 76.3 Å². The molecule has 0 aliphatic heterocycles. The third-order valence-electron chi connectivity index (χ3n) is 6.27. The van der Waals surface area contributed by atoms with Crippen molar-refractivity contribution in [3.05, 3.63) is 47.5 Å². The molecular weight excluding hydrogens is 348 g/mol. The highest BCUT2D eigenvalue weighted by atomic mass is 16.2. The Hall–Kier alpha value is -2.36. The molecule has 0 atom stereocenters. The van der Waals surface area contributed by atoms with Gasteiger partial charge in [0.1, 0.15) is 0 Å². The van der Waals surface area contributed by atoms with E-state index in [4.69, 9.17) is 0 Å². The largest absolute Gasteiger partial charge is 0.349 e. The second-order valence-electron chi connectivity index (χ2n) is 8.36. The molecule has 2 aromatic carbocycles. The van der Waals surface area contributed by atoms with Crippen LogP contribution in [-0.4, -0.2) is 23.9 Å². The van der Waals surface area contributed by atoms with Crippen LogP contribution >= 0.6 is 0 Å². The van der Waals surface area contributed by atoms with Crippen LogP contribution in [0.15, 0.2) is 36.4 Å². The highest BCUT2D eigenvalue weighted by Crippen LogP contribution is 2.23. The Morgan fingerprint density at radius 1 is 0.714 bits per heavy atom. The lowest BCUT2D eigenvalue weighted by atomic mass is 9.94. The van der Waals surface area contributed by atoms with Gasteiger partial charge in [0, 0.05) is 23.2 Å². The Labute approximate surface area is 167 Å². The van der Waals surface area contributed by atoms with Crippen LogP contribution in [0.1, 0.15) is 84.9 Å². The first kappa shape index (κ1) is 19.0. The van der Waals surface area contributed by atoms with E-state index in [-0.39, 0.29) is 17.9 Å². The van der Waals surface area contributed by atoms with E-state index in [0.717, 1.165) is 36.5 Å². The molecule has 0 unspecified atom stereocenters. The second-order valence-corrected chi connectivity index (χ2v) is 8.36. The minimum absolute atomic E-state index is 0.00286. The van der Waals surface area contributed by atoms with Crippen LogP contribution in [0.2, 0.25) is 0 Å². The van der Waals surface area contributed by atoms with E-state index < -0.39 is 0 Å². The first-order chi connectivity index (χ1) is 13.7. The molecule has 2 aliphatic carbocycles.